The molecule has 0 aliphatic heterocycles. The largest absolute Gasteiger partial charge is 0.481 e. The molecule has 0 N–H and O–H groups in total. The lowest BCUT2D eigenvalue weighted by molar-refractivity contribution is 0.397. The minimum Gasteiger partial charge on any atom is -0.481 e. The average molecular weight is 306 g/mol. The Morgan fingerprint density at radius 2 is 2.13 bits per heavy atom. The van der Waals surface area contributed by atoms with E-state index in [9.17, 15) is 5.26 Å². The Kier molecular flexibility index (Phi) is 3.98. The van der Waals surface area contributed by atoms with Crippen molar-refractivity contribution in [2.45, 2.75) is 20.4 Å². The summed E-state index contributed by atoms with van der Waals surface area (Å²) in [5.74, 6) is 1.62. The van der Waals surface area contributed by atoms with Gasteiger partial charge >= 0.3 is 0 Å². The fourth-order valence-electron chi connectivity index (χ4n) is 2.66. The second-order valence-corrected chi connectivity index (χ2v) is 5.86. The molecule has 0 saturated carbocycles. The van der Waals surface area contributed by atoms with Crippen molar-refractivity contribution >= 4 is 10.9 Å². The van der Waals surface area contributed by atoms with Crippen LogP contribution in [0.1, 0.15) is 19.4 Å². The highest BCUT2D eigenvalue weighted by Crippen LogP contribution is 2.27. The van der Waals surface area contributed by atoms with Gasteiger partial charge < -0.3 is 9.30 Å². The van der Waals surface area contributed by atoms with Gasteiger partial charge in [0.2, 0.25) is 5.88 Å². The number of nitrogens with zero attached hydrogens (tertiary/aromatic N) is 4. The predicted octanol–water partition coefficient (Wildman–Crippen LogP) is 3.63. The molecule has 5 nitrogen and oxygen atoms in total. The van der Waals surface area contributed by atoms with Crippen molar-refractivity contribution in [3.05, 3.63) is 42.2 Å². The maximum Gasteiger partial charge on any atom is 0.216 e. The van der Waals surface area contributed by atoms with E-state index >= 15 is 0 Å². The fourth-order valence-corrected chi connectivity index (χ4v) is 2.66. The van der Waals surface area contributed by atoms with Crippen molar-refractivity contribution < 1.29 is 4.74 Å². The molecule has 0 bridgehead atoms. The second kappa shape index (κ2) is 6.09. The minimum absolute atomic E-state index is 0.513. The van der Waals surface area contributed by atoms with Crippen LogP contribution >= 0.6 is 0 Å². The molecular formula is C18H18N4O. The van der Waals surface area contributed by atoms with E-state index in [-0.39, 0.29) is 0 Å². The van der Waals surface area contributed by atoms with E-state index in [1.807, 2.05) is 24.4 Å². The number of fused-ring (bicyclic) bond motifs is 1. The third kappa shape index (κ3) is 2.88. The number of rotatable bonds is 4. The molecule has 2 aromatic heterocycles. The van der Waals surface area contributed by atoms with Crippen molar-refractivity contribution in [1.82, 2.24) is 14.5 Å². The first-order valence-electron chi connectivity index (χ1n) is 7.52. The summed E-state index contributed by atoms with van der Waals surface area (Å²) in [6.45, 7) is 5.21. The van der Waals surface area contributed by atoms with E-state index in [0.717, 1.165) is 23.0 Å². The Bertz CT molecular complexity index is 890. The molecule has 0 fully saturated rings. The summed E-state index contributed by atoms with van der Waals surface area (Å²) in [7, 11) is 1.58. The number of ether oxygens (including phenoxy) is 1. The summed E-state index contributed by atoms with van der Waals surface area (Å²) in [5, 5.41) is 10.3. The Morgan fingerprint density at radius 1 is 1.30 bits per heavy atom. The zero-order chi connectivity index (χ0) is 16.4. The molecule has 3 aromatic rings. The normalized spacial score (nSPS) is 10.9. The van der Waals surface area contributed by atoms with Crippen molar-refractivity contribution in [3.8, 4) is 23.3 Å². The van der Waals surface area contributed by atoms with Crippen LogP contribution in [-0.2, 0) is 6.54 Å². The number of hydrogen-bond acceptors (Lipinski definition) is 4. The summed E-state index contributed by atoms with van der Waals surface area (Å²) in [5.41, 5.74) is 2.60. The molecule has 0 atom stereocenters. The molecule has 0 saturated heterocycles. The van der Waals surface area contributed by atoms with Gasteiger partial charge in [-0.2, -0.15) is 10.2 Å². The quantitative estimate of drug-likeness (QED) is 0.738. The molecule has 0 unspecified atom stereocenters. The van der Waals surface area contributed by atoms with Gasteiger partial charge in [-0.05, 0) is 24.1 Å². The standard InChI is InChI=1S/C18H18N4O/c1-12(2)10-22-11-14(9-19)15-8-13(4-5-16(15)22)18-20-7-6-17(21-18)23-3/h4-8,11-12H,10H2,1-3H3. The smallest absolute Gasteiger partial charge is 0.216 e. The van der Waals surface area contributed by atoms with Crippen molar-refractivity contribution in [2.75, 3.05) is 7.11 Å². The predicted molar refractivity (Wildman–Crippen MR) is 89.1 cm³/mol. The summed E-state index contributed by atoms with van der Waals surface area (Å²) >= 11 is 0. The monoisotopic (exact) mass is 306 g/mol. The zero-order valence-corrected chi connectivity index (χ0v) is 13.4. The number of methoxy groups -OCH3 is 1. The topological polar surface area (TPSA) is 63.7 Å². The SMILES string of the molecule is COc1ccnc(-c2ccc3c(c2)c(C#N)cn3CC(C)C)n1. The van der Waals surface area contributed by atoms with E-state index < -0.39 is 0 Å². The molecule has 5 heteroatoms. The Balaban J connectivity index is 2.13. The van der Waals surface area contributed by atoms with Gasteiger partial charge in [0.15, 0.2) is 5.82 Å². The van der Waals surface area contributed by atoms with E-state index in [1.54, 1.807) is 19.4 Å². The van der Waals surface area contributed by atoms with E-state index in [1.165, 1.54) is 0 Å². The van der Waals surface area contributed by atoms with Crippen LogP contribution in [0.5, 0.6) is 5.88 Å². The first-order chi connectivity index (χ1) is 11.1. The van der Waals surface area contributed by atoms with Crippen LogP contribution in [-0.4, -0.2) is 21.6 Å². The maximum atomic E-state index is 9.41. The highest BCUT2D eigenvalue weighted by Gasteiger charge is 2.12. The van der Waals surface area contributed by atoms with Crippen LogP contribution in [0, 0.1) is 17.2 Å². The molecule has 0 amide bonds. The zero-order valence-electron chi connectivity index (χ0n) is 13.4. The third-order valence-electron chi connectivity index (χ3n) is 3.66. The highest BCUT2D eigenvalue weighted by molar-refractivity contribution is 5.89. The molecule has 2 heterocycles. The number of aromatic nitrogens is 3. The van der Waals surface area contributed by atoms with E-state index in [4.69, 9.17) is 4.74 Å². The fraction of sp³-hybridized carbons (Fsp3) is 0.278. The number of hydrogen-bond donors (Lipinski definition) is 0. The van der Waals surface area contributed by atoms with Gasteiger partial charge in [0.1, 0.15) is 6.07 Å². The molecule has 23 heavy (non-hydrogen) atoms. The first-order valence-corrected chi connectivity index (χ1v) is 7.52. The Hall–Kier alpha value is -2.87. The molecule has 0 aliphatic carbocycles. The Morgan fingerprint density at radius 3 is 2.83 bits per heavy atom. The third-order valence-corrected chi connectivity index (χ3v) is 3.66. The van der Waals surface area contributed by atoms with Crippen LogP contribution in [0.25, 0.3) is 22.3 Å². The summed E-state index contributed by atoms with van der Waals surface area (Å²) in [6, 6.07) is 9.97. The second-order valence-electron chi connectivity index (χ2n) is 5.86. The van der Waals surface area contributed by atoms with Crippen molar-refractivity contribution in [2.24, 2.45) is 5.92 Å². The molecule has 0 spiro atoms. The van der Waals surface area contributed by atoms with Crippen LogP contribution in [0.3, 0.4) is 0 Å². The molecule has 0 aliphatic rings. The van der Waals surface area contributed by atoms with Gasteiger partial charge in [-0.15, -0.1) is 0 Å². The molecule has 0 radical (unpaired) electrons. The lowest BCUT2D eigenvalue weighted by atomic mass is 10.1. The van der Waals surface area contributed by atoms with Gasteiger partial charge in [-0.3, -0.25) is 0 Å². The van der Waals surface area contributed by atoms with E-state index in [0.29, 0.717) is 23.2 Å². The van der Waals surface area contributed by atoms with Crippen molar-refractivity contribution in [3.63, 3.8) is 0 Å². The number of nitriles is 1. The van der Waals surface area contributed by atoms with Crippen LogP contribution in [0.4, 0.5) is 0 Å². The summed E-state index contributed by atoms with van der Waals surface area (Å²) < 4.78 is 7.28. The molecular weight excluding hydrogens is 288 g/mol. The van der Waals surface area contributed by atoms with E-state index in [2.05, 4.69) is 34.5 Å². The summed E-state index contributed by atoms with van der Waals surface area (Å²) in [6.07, 6.45) is 3.58. The van der Waals surface area contributed by atoms with Gasteiger partial charge in [-0.25, -0.2) is 4.98 Å². The van der Waals surface area contributed by atoms with Crippen LogP contribution in [0.15, 0.2) is 36.7 Å². The highest BCUT2D eigenvalue weighted by atomic mass is 16.5. The lowest BCUT2D eigenvalue weighted by Gasteiger charge is -2.08. The average Bonchev–Trinajstić information content (AvgIpc) is 2.91. The van der Waals surface area contributed by atoms with Gasteiger partial charge in [-0.1, -0.05) is 13.8 Å². The molecule has 3 rings (SSSR count). The first kappa shape index (κ1) is 15.0. The maximum absolute atomic E-state index is 9.41. The minimum atomic E-state index is 0.513. The molecule has 116 valence electrons. The van der Waals surface area contributed by atoms with Crippen LogP contribution < -0.4 is 4.74 Å². The van der Waals surface area contributed by atoms with Gasteiger partial charge in [0.05, 0.1) is 12.7 Å². The number of benzene rings is 1. The van der Waals surface area contributed by atoms with Crippen LogP contribution in [0.2, 0.25) is 0 Å². The van der Waals surface area contributed by atoms with Gasteiger partial charge in [0.25, 0.3) is 0 Å². The molecule has 1 aromatic carbocycles. The van der Waals surface area contributed by atoms with Gasteiger partial charge in [0, 0.05) is 41.5 Å². The van der Waals surface area contributed by atoms with Crippen molar-refractivity contribution in [1.29, 1.82) is 5.26 Å². The lowest BCUT2D eigenvalue weighted by Crippen LogP contribution is -2.02. The Labute approximate surface area is 135 Å². The summed E-state index contributed by atoms with van der Waals surface area (Å²) in [4.78, 5) is 8.65.